The van der Waals surface area contributed by atoms with E-state index < -0.39 is 11.9 Å². The molecule has 0 bridgehead atoms. The standard InChI is InChI=1S/C20H25NO6/c1-13-10-17(23)19(20(25)21(13)8-5-9-26-2)16(12-18(24)27-3)14-6-4-7-15(22)11-14/h4,6-7,10-11,16,22-23H,5,8-9,12H2,1-3H3. The number of phenolic OH excluding ortho intramolecular Hbond substituents is 1. The van der Waals surface area contributed by atoms with Crippen LogP contribution in [0.15, 0.2) is 35.1 Å². The number of methoxy groups -OCH3 is 2. The van der Waals surface area contributed by atoms with Crippen molar-refractivity contribution in [3.63, 3.8) is 0 Å². The predicted molar refractivity (Wildman–Crippen MR) is 100 cm³/mol. The topological polar surface area (TPSA) is 98.0 Å². The van der Waals surface area contributed by atoms with Gasteiger partial charge in [-0.25, -0.2) is 0 Å². The van der Waals surface area contributed by atoms with Crippen LogP contribution in [0.3, 0.4) is 0 Å². The number of carbonyl (C=O) groups excluding carboxylic acids is 1. The van der Waals surface area contributed by atoms with Crippen molar-refractivity contribution in [3.05, 3.63) is 57.5 Å². The minimum atomic E-state index is -0.744. The zero-order chi connectivity index (χ0) is 20.0. The van der Waals surface area contributed by atoms with Gasteiger partial charge in [0.2, 0.25) is 0 Å². The second-order valence-electron chi connectivity index (χ2n) is 6.32. The molecule has 0 aliphatic heterocycles. The first-order chi connectivity index (χ1) is 12.9. The summed E-state index contributed by atoms with van der Waals surface area (Å²) in [5, 5.41) is 20.3. The van der Waals surface area contributed by atoms with Crippen LogP contribution < -0.4 is 5.56 Å². The van der Waals surface area contributed by atoms with Crippen LogP contribution in [0.5, 0.6) is 11.5 Å². The van der Waals surface area contributed by atoms with Gasteiger partial charge in [0, 0.05) is 31.9 Å². The Morgan fingerprint density at radius 1 is 1.22 bits per heavy atom. The van der Waals surface area contributed by atoms with E-state index in [2.05, 4.69) is 0 Å². The van der Waals surface area contributed by atoms with E-state index in [0.29, 0.717) is 30.8 Å². The Bertz CT molecular complexity index is 858. The maximum Gasteiger partial charge on any atom is 0.306 e. The molecule has 2 aromatic rings. The highest BCUT2D eigenvalue weighted by Gasteiger charge is 2.26. The van der Waals surface area contributed by atoms with Crippen LogP contribution in [0.2, 0.25) is 0 Å². The smallest absolute Gasteiger partial charge is 0.306 e. The fourth-order valence-electron chi connectivity index (χ4n) is 3.12. The Morgan fingerprint density at radius 2 is 1.96 bits per heavy atom. The first kappa shape index (κ1) is 20.5. The number of ether oxygens (including phenoxy) is 2. The molecule has 0 aliphatic rings. The van der Waals surface area contributed by atoms with E-state index in [1.165, 1.54) is 25.3 Å². The molecule has 0 fully saturated rings. The number of rotatable bonds is 8. The SMILES string of the molecule is COCCCn1c(C)cc(O)c(C(CC(=O)OC)c2cccc(O)c2)c1=O. The fourth-order valence-corrected chi connectivity index (χ4v) is 3.12. The third-order valence-corrected chi connectivity index (χ3v) is 4.47. The normalized spacial score (nSPS) is 12.0. The van der Waals surface area contributed by atoms with Gasteiger partial charge in [0.1, 0.15) is 11.5 Å². The van der Waals surface area contributed by atoms with E-state index >= 15 is 0 Å². The van der Waals surface area contributed by atoms with Gasteiger partial charge in [-0.05, 0) is 37.1 Å². The van der Waals surface area contributed by atoms with Gasteiger partial charge in [-0.2, -0.15) is 0 Å². The largest absolute Gasteiger partial charge is 0.508 e. The number of esters is 1. The predicted octanol–water partition coefficient (Wildman–Crippen LogP) is 2.30. The van der Waals surface area contributed by atoms with Crippen LogP contribution in [0.25, 0.3) is 0 Å². The third kappa shape index (κ3) is 4.89. The molecule has 7 nitrogen and oxygen atoms in total. The van der Waals surface area contributed by atoms with E-state index in [-0.39, 0.29) is 29.0 Å². The molecule has 0 amide bonds. The van der Waals surface area contributed by atoms with Gasteiger partial charge in [-0.3, -0.25) is 9.59 Å². The summed E-state index contributed by atoms with van der Waals surface area (Å²) in [5.41, 5.74) is 0.889. The lowest BCUT2D eigenvalue weighted by molar-refractivity contribution is -0.140. The summed E-state index contributed by atoms with van der Waals surface area (Å²) in [7, 11) is 2.85. The molecule has 27 heavy (non-hydrogen) atoms. The van der Waals surface area contributed by atoms with E-state index in [4.69, 9.17) is 9.47 Å². The average Bonchev–Trinajstić information content (AvgIpc) is 2.63. The Balaban J connectivity index is 2.58. The zero-order valence-corrected chi connectivity index (χ0v) is 15.8. The molecule has 1 aromatic heterocycles. The maximum atomic E-state index is 13.1. The van der Waals surface area contributed by atoms with Crippen LogP contribution in [0.1, 0.15) is 35.6 Å². The van der Waals surface area contributed by atoms with Crippen molar-refractivity contribution in [1.82, 2.24) is 4.57 Å². The fraction of sp³-hybridized carbons (Fsp3) is 0.400. The number of benzene rings is 1. The second kappa shape index (κ2) is 9.23. The van der Waals surface area contributed by atoms with E-state index in [9.17, 15) is 19.8 Å². The van der Waals surface area contributed by atoms with Crippen LogP contribution in [0, 0.1) is 6.92 Å². The first-order valence-corrected chi connectivity index (χ1v) is 8.67. The maximum absolute atomic E-state index is 13.1. The van der Waals surface area contributed by atoms with Crippen LogP contribution in [-0.2, 0) is 20.8 Å². The lowest BCUT2D eigenvalue weighted by Crippen LogP contribution is -2.29. The summed E-state index contributed by atoms with van der Waals surface area (Å²) < 4.78 is 11.4. The van der Waals surface area contributed by atoms with Crippen molar-refractivity contribution in [1.29, 1.82) is 0 Å². The van der Waals surface area contributed by atoms with Gasteiger partial charge >= 0.3 is 5.97 Å². The van der Waals surface area contributed by atoms with Crippen LogP contribution in [0.4, 0.5) is 0 Å². The van der Waals surface area contributed by atoms with Crippen molar-refractivity contribution in [2.75, 3.05) is 20.8 Å². The molecule has 0 radical (unpaired) electrons. The molecule has 1 aromatic carbocycles. The molecule has 1 heterocycles. The molecule has 0 saturated heterocycles. The van der Waals surface area contributed by atoms with Crippen LogP contribution in [-0.4, -0.2) is 41.6 Å². The Morgan fingerprint density at radius 3 is 2.59 bits per heavy atom. The highest BCUT2D eigenvalue weighted by atomic mass is 16.5. The molecule has 146 valence electrons. The van der Waals surface area contributed by atoms with E-state index in [1.54, 1.807) is 30.7 Å². The van der Waals surface area contributed by atoms with Crippen molar-refractivity contribution < 1.29 is 24.5 Å². The number of carbonyl (C=O) groups is 1. The number of aromatic hydroxyl groups is 2. The number of aromatic nitrogens is 1. The number of pyridine rings is 1. The van der Waals surface area contributed by atoms with Crippen LogP contribution >= 0.6 is 0 Å². The van der Waals surface area contributed by atoms with Gasteiger partial charge in [0.15, 0.2) is 0 Å². The Hall–Kier alpha value is -2.80. The quantitative estimate of drug-likeness (QED) is 0.543. The molecule has 0 spiro atoms. The molecular formula is C20H25NO6. The number of aryl methyl sites for hydroxylation is 1. The molecule has 0 aliphatic carbocycles. The molecule has 1 unspecified atom stereocenters. The van der Waals surface area contributed by atoms with Gasteiger partial charge < -0.3 is 24.3 Å². The van der Waals surface area contributed by atoms with Crippen molar-refractivity contribution in [2.45, 2.75) is 32.2 Å². The van der Waals surface area contributed by atoms with Crippen molar-refractivity contribution in [3.8, 4) is 11.5 Å². The molecule has 0 saturated carbocycles. The third-order valence-electron chi connectivity index (χ3n) is 4.47. The summed E-state index contributed by atoms with van der Waals surface area (Å²) in [6.07, 6.45) is 0.499. The molecule has 7 heteroatoms. The minimum absolute atomic E-state index is 0.00869. The highest BCUT2D eigenvalue weighted by molar-refractivity contribution is 5.71. The Kier molecular flexibility index (Phi) is 7.01. The Labute approximate surface area is 157 Å². The lowest BCUT2D eigenvalue weighted by Gasteiger charge is -2.20. The van der Waals surface area contributed by atoms with Crippen molar-refractivity contribution >= 4 is 5.97 Å². The first-order valence-electron chi connectivity index (χ1n) is 8.67. The number of nitrogens with zero attached hydrogens (tertiary/aromatic N) is 1. The van der Waals surface area contributed by atoms with Gasteiger partial charge in [0.05, 0.1) is 19.1 Å². The summed E-state index contributed by atoms with van der Waals surface area (Å²) in [6, 6.07) is 7.80. The number of phenols is 1. The number of hydrogen-bond donors (Lipinski definition) is 2. The zero-order valence-electron chi connectivity index (χ0n) is 15.8. The van der Waals surface area contributed by atoms with Gasteiger partial charge in [-0.1, -0.05) is 12.1 Å². The minimum Gasteiger partial charge on any atom is -0.508 e. The molecule has 2 rings (SSSR count). The second-order valence-corrected chi connectivity index (χ2v) is 6.32. The molecule has 1 atom stereocenters. The van der Waals surface area contributed by atoms with E-state index in [0.717, 1.165) is 0 Å². The molecular weight excluding hydrogens is 350 g/mol. The highest BCUT2D eigenvalue weighted by Crippen LogP contribution is 2.33. The summed E-state index contributed by atoms with van der Waals surface area (Å²) in [4.78, 5) is 25.1. The average molecular weight is 375 g/mol. The number of hydrogen-bond acceptors (Lipinski definition) is 6. The van der Waals surface area contributed by atoms with E-state index in [1.807, 2.05) is 0 Å². The summed E-state index contributed by atoms with van der Waals surface area (Å²) >= 11 is 0. The van der Waals surface area contributed by atoms with Gasteiger partial charge in [0.25, 0.3) is 5.56 Å². The molecule has 2 N–H and O–H groups in total. The summed E-state index contributed by atoms with van der Waals surface area (Å²) in [5.74, 6) is -1.44. The lowest BCUT2D eigenvalue weighted by atomic mass is 9.88. The van der Waals surface area contributed by atoms with Gasteiger partial charge in [-0.15, -0.1) is 0 Å². The van der Waals surface area contributed by atoms with Crippen molar-refractivity contribution in [2.24, 2.45) is 0 Å². The summed E-state index contributed by atoms with van der Waals surface area (Å²) in [6.45, 7) is 2.67. The monoisotopic (exact) mass is 375 g/mol.